The highest BCUT2D eigenvalue weighted by molar-refractivity contribution is 6.34. The number of hydrogen-bond acceptors (Lipinski definition) is 18. The number of H-pyrrole nitrogens is 12. The minimum absolute atomic E-state index is 0.0395. The van der Waals surface area contributed by atoms with Crippen LogP contribution in [0, 0.1) is 0 Å². The van der Waals surface area contributed by atoms with Gasteiger partial charge in [0.05, 0.1) is 115 Å². The summed E-state index contributed by atoms with van der Waals surface area (Å²) in [6.07, 6.45) is -1.81. The van der Waals surface area contributed by atoms with Crippen LogP contribution in [0.2, 0.25) is 10.0 Å². The number of aryl methyl sites for hydroxylation is 1. The lowest BCUT2D eigenvalue weighted by Crippen LogP contribution is -2.09. The third-order valence-electron chi connectivity index (χ3n) is 22.8. The summed E-state index contributed by atoms with van der Waals surface area (Å²) in [6.45, 7) is 0. The summed E-state index contributed by atoms with van der Waals surface area (Å²) in [5, 5.41) is 70.1. The molecular formula is C94H64Cl2F6N26O4. The van der Waals surface area contributed by atoms with E-state index in [1.54, 1.807) is 60.9 Å². The van der Waals surface area contributed by atoms with Gasteiger partial charge in [-0.3, -0.25) is 90.3 Å². The van der Waals surface area contributed by atoms with Crippen LogP contribution in [0.5, 0.6) is 0 Å². The zero-order chi connectivity index (χ0) is 90.2. The average molecular weight is 1810 g/mol. The summed E-state index contributed by atoms with van der Waals surface area (Å²) in [6, 6.07) is 67.3. The zero-order valence-electron chi connectivity index (χ0n) is 68.1. The molecule has 0 atom stereocenters. The molecule has 38 heteroatoms. The van der Waals surface area contributed by atoms with Crippen LogP contribution in [-0.4, -0.2) is 111 Å². The molecule has 30 nitrogen and oxygen atoms in total. The van der Waals surface area contributed by atoms with Crippen molar-refractivity contribution in [2.24, 2.45) is 0 Å². The van der Waals surface area contributed by atoms with Crippen molar-refractivity contribution in [1.29, 1.82) is 0 Å². The number of nitrogens with one attached hydrogen (secondary N) is 16. The van der Waals surface area contributed by atoms with Gasteiger partial charge in [-0.1, -0.05) is 108 Å². The Hall–Kier alpha value is -17.3. The lowest BCUT2D eigenvalue weighted by atomic mass is 9.91. The number of hydrogen-bond donors (Lipinski definition) is 16. The molecule has 14 heterocycles. The molecule has 650 valence electrons. The second-order valence-corrected chi connectivity index (χ2v) is 31.8. The van der Waals surface area contributed by atoms with Gasteiger partial charge in [0.2, 0.25) is 0 Å². The van der Waals surface area contributed by atoms with Gasteiger partial charge in [-0.15, -0.1) is 0 Å². The number of halogens is 8. The third-order valence-corrected chi connectivity index (χ3v) is 23.4. The van der Waals surface area contributed by atoms with Gasteiger partial charge in [0.25, 0.3) is 22.2 Å². The van der Waals surface area contributed by atoms with Gasteiger partial charge in [-0.25, -0.2) is 19.9 Å². The van der Waals surface area contributed by atoms with E-state index in [9.17, 15) is 45.5 Å². The molecule has 16 N–H and O–H groups in total. The van der Waals surface area contributed by atoms with E-state index < -0.39 is 34.6 Å². The molecule has 0 bridgehead atoms. The molecule has 0 amide bonds. The number of fused-ring (bicyclic) bond motifs is 11. The molecule has 132 heavy (non-hydrogen) atoms. The zero-order valence-corrected chi connectivity index (χ0v) is 69.6. The molecular weight excluding hydrogens is 1740 g/mol. The fraction of sp³-hybridized carbons (Fsp3) is 0.0638. The van der Waals surface area contributed by atoms with Crippen LogP contribution < -0.4 is 43.5 Å². The maximum Gasteiger partial charge on any atom is 0.417 e. The van der Waals surface area contributed by atoms with Gasteiger partial charge in [0, 0.05) is 67.0 Å². The topological polar surface area (TPSA) is 435 Å². The number of benzene rings is 9. The lowest BCUT2D eigenvalue weighted by molar-refractivity contribution is -0.137. The predicted octanol–water partition coefficient (Wildman–Crippen LogP) is 21.1. The molecule has 1 aliphatic carbocycles. The Bertz CT molecular complexity index is 8740. The summed E-state index contributed by atoms with van der Waals surface area (Å²) >= 11 is 13.1. The van der Waals surface area contributed by atoms with E-state index in [4.69, 9.17) is 33.2 Å². The SMILES string of the molecule is O=c1[nH][nH]c2cc(C(F)(F)F)c(-c3cc(-c4ccccc4)cc(Nc4n[nH]c5ccccc45)n3)cc12.O=c1[nH][nH]c2cc(C(F)(F)F)c(-c3cc4cccnc4c(Nc4n[nH]c5ccccc45)n3)cc12.O=c1[nH][nH]c2cc(Cl)c(-c3cc4c(c(Nc5n[nH]c6ccccc56)n3)CCCC4)cc12.O=c1[nH][nH]c2cc(Cl)c(-c3cc4ncccc4c(Nc4n[nH]c5ccccc45)n3)cc12. The van der Waals surface area contributed by atoms with Crippen molar-refractivity contribution in [1.82, 2.24) is 111 Å². The van der Waals surface area contributed by atoms with Crippen molar-refractivity contribution >= 4 is 179 Å². The number of aromatic nitrogens is 22. The molecule has 24 rings (SSSR count). The number of anilines is 8. The van der Waals surface area contributed by atoms with Gasteiger partial charge in [-0.2, -0.15) is 46.7 Å². The highest BCUT2D eigenvalue weighted by atomic mass is 35.5. The highest BCUT2D eigenvalue weighted by Gasteiger charge is 2.37. The molecule has 0 radical (unpaired) electrons. The number of alkyl halides is 6. The molecule has 23 aromatic rings. The van der Waals surface area contributed by atoms with Crippen molar-refractivity contribution < 1.29 is 26.3 Å². The Balaban J connectivity index is 0.000000106. The Morgan fingerprint density at radius 3 is 1.23 bits per heavy atom. The molecule has 14 aromatic heterocycles. The second kappa shape index (κ2) is 33.2. The van der Waals surface area contributed by atoms with Crippen LogP contribution in [0.3, 0.4) is 0 Å². The van der Waals surface area contributed by atoms with Gasteiger partial charge >= 0.3 is 12.4 Å². The normalized spacial score (nSPS) is 12.2. The quantitative estimate of drug-likeness (QED) is 0.0477. The molecule has 9 aromatic carbocycles. The Kier molecular flexibility index (Phi) is 20.5. The average Bonchev–Trinajstić information content (AvgIpc) is 1.37. The number of aromatic amines is 12. The fourth-order valence-corrected chi connectivity index (χ4v) is 16.9. The standard InChI is InChI=1S/C26H17F3N6O.C23H19ClN6O.C23H14F3N7O.C22H14ClN7O/c27-26(28,29)19-13-22-18(25(36)35-33-22)12-17(19)21-10-15(14-6-2-1-3-7-14)11-23(30-21)31-24-16-8-4-5-9-20(16)32-34-24;24-17-11-20-16(23(31)30-28-20)10-15(17)19-9-12-5-1-2-6-13(12)21(25-19)26-22-14-7-3-4-8-18(14)27-29-22;24-23(25,26)15-10-18-14(22(34)33-31-18)9-13(15)17-8-11-4-3-7-27-19(11)21(28-17)29-20-12-5-1-2-6-16(12)30-32-20;23-15-9-19-14(22(31)30-28-19)8-13(15)18-10-17-12(5-3-7-24-17)20(25-18)26-21-11-4-1-2-6-16(11)27-29-21/h1-13H,(H2,33,35,36)(H2,30,31,32,34);3-4,7-11H,1-2,5-6H2,(H2,28,30,31)(H2,25,26,27,29);1-10H,(H2,31,33,34)(H2,28,29,30,32);1-10H,(H2,28,30,31)(H2,25,26,27,29). The smallest absolute Gasteiger partial charge is 0.323 e. The van der Waals surface area contributed by atoms with Crippen LogP contribution >= 0.6 is 23.2 Å². The Morgan fingerprint density at radius 1 is 0.311 bits per heavy atom. The van der Waals surface area contributed by atoms with Crippen molar-refractivity contribution in [3.05, 3.63) is 317 Å². The van der Waals surface area contributed by atoms with Crippen molar-refractivity contribution in [3.8, 4) is 56.2 Å². The van der Waals surface area contributed by atoms with Gasteiger partial charge in [0.15, 0.2) is 29.1 Å². The summed E-state index contributed by atoms with van der Waals surface area (Å²) in [7, 11) is 0. The van der Waals surface area contributed by atoms with E-state index in [-0.39, 0.29) is 61.3 Å². The van der Waals surface area contributed by atoms with Gasteiger partial charge in [0.1, 0.15) is 23.0 Å². The van der Waals surface area contributed by atoms with E-state index in [2.05, 4.69) is 129 Å². The monoisotopic (exact) mass is 1800 g/mol. The van der Waals surface area contributed by atoms with Crippen LogP contribution in [0.4, 0.5) is 72.9 Å². The molecule has 0 fully saturated rings. The molecule has 0 unspecified atom stereocenters. The predicted molar refractivity (Wildman–Crippen MR) is 499 cm³/mol. The Labute approximate surface area is 744 Å². The van der Waals surface area contributed by atoms with Crippen LogP contribution in [-0.2, 0) is 25.2 Å². The minimum atomic E-state index is -4.67. The van der Waals surface area contributed by atoms with Crippen LogP contribution in [0.25, 0.3) is 165 Å². The van der Waals surface area contributed by atoms with Crippen LogP contribution in [0.15, 0.2) is 262 Å². The summed E-state index contributed by atoms with van der Waals surface area (Å²) in [5.74, 6) is 4.29. The molecule has 0 spiro atoms. The first-order valence-electron chi connectivity index (χ1n) is 41.0. The highest BCUT2D eigenvalue weighted by Crippen LogP contribution is 2.45. The minimum Gasteiger partial charge on any atom is -0.323 e. The van der Waals surface area contributed by atoms with Gasteiger partial charge < -0.3 is 21.3 Å². The van der Waals surface area contributed by atoms with E-state index in [0.29, 0.717) is 88.7 Å². The summed E-state index contributed by atoms with van der Waals surface area (Å²) in [5.41, 5.74) is 9.23. The lowest BCUT2D eigenvalue weighted by Gasteiger charge is -2.21. The number of pyridine rings is 6. The van der Waals surface area contributed by atoms with Crippen molar-refractivity contribution in [2.75, 3.05) is 21.3 Å². The van der Waals surface area contributed by atoms with Crippen molar-refractivity contribution in [3.63, 3.8) is 0 Å². The van der Waals surface area contributed by atoms with E-state index >= 15 is 0 Å². The largest absolute Gasteiger partial charge is 0.417 e. The maximum absolute atomic E-state index is 14.1. The van der Waals surface area contributed by atoms with E-state index in [0.717, 1.165) is 121 Å². The second-order valence-electron chi connectivity index (χ2n) is 31.0. The summed E-state index contributed by atoms with van der Waals surface area (Å²) in [4.78, 5) is 76.2. The summed E-state index contributed by atoms with van der Waals surface area (Å²) < 4.78 is 84.3. The van der Waals surface area contributed by atoms with E-state index in [1.807, 2.05) is 146 Å². The van der Waals surface area contributed by atoms with Gasteiger partial charge in [-0.05, 0) is 194 Å². The third kappa shape index (κ3) is 15.7. The fourth-order valence-electron chi connectivity index (χ4n) is 16.4. The first kappa shape index (κ1) is 81.7. The molecule has 0 saturated heterocycles. The number of rotatable bonds is 13. The first-order valence-corrected chi connectivity index (χ1v) is 41.7. The number of nitrogens with zero attached hydrogens (tertiary/aromatic N) is 10. The van der Waals surface area contributed by atoms with E-state index in [1.165, 1.54) is 29.3 Å². The maximum atomic E-state index is 14.1. The molecule has 0 saturated carbocycles. The molecule has 1 aliphatic rings. The molecule has 0 aliphatic heterocycles. The number of para-hydroxylation sites is 4. The van der Waals surface area contributed by atoms with Crippen LogP contribution in [0.1, 0.15) is 35.1 Å². The Morgan fingerprint density at radius 2 is 0.712 bits per heavy atom. The van der Waals surface area contributed by atoms with Crippen molar-refractivity contribution in [2.45, 2.75) is 38.0 Å². The first-order chi connectivity index (χ1) is 64.1.